The highest BCUT2D eigenvalue weighted by atomic mass is 32.2. The third-order valence-electron chi connectivity index (χ3n) is 5.11. The number of aryl methyl sites for hydroxylation is 3. The quantitative estimate of drug-likeness (QED) is 0.585. The summed E-state index contributed by atoms with van der Waals surface area (Å²) in [5.41, 5.74) is 3.49. The number of rotatable bonds is 7. The number of nitrogens with zero attached hydrogens (tertiary/aromatic N) is 1. The lowest BCUT2D eigenvalue weighted by molar-refractivity contribution is 0.112. The fraction of sp³-hybridized carbons (Fsp3) is 0.318. The second kappa shape index (κ2) is 8.08. The zero-order chi connectivity index (χ0) is 21.3. The molecule has 0 aliphatic carbocycles. The van der Waals surface area contributed by atoms with Gasteiger partial charge in [0.2, 0.25) is 10.0 Å². The van der Waals surface area contributed by atoms with Gasteiger partial charge in [0.25, 0.3) is 0 Å². The van der Waals surface area contributed by atoms with Crippen molar-refractivity contribution in [2.24, 2.45) is 0 Å². The number of aromatic nitrogens is 1. The van der Waals surface area contributed by atoms with E-state index in [0.717, 1.165) is 5.56 Å². The molecule has 1 N–H and O–H groups in total. The van der Waals surface area contributed by atoms with Crippen LogP contribution >= 0.6 is 0 Å². The van der Waals surface area contributed by atoms with Gasteiger partial charge in [0.1, 0.15) is 5.82 Å². The van der Waals surface area contributed by atoms with Crippen LogP contribution in [-0.2, 0) is 16.6 Å². The molecule has 0 saturated carbocycles. The molecule has 3 aromatic rings. The van der Waals surface area contributed by atoms with Gasteiger partial charge in [0.05, 0.1) is 4.90 Å². The molecule has 29 heavy (non-hydrogen) atoms. The van der Waals surface area contributed by atoms with Gasteiger partial charge in [-0.2, -0.15) is 0 Å². The Bertz CT molecular complexity index is 1160. The maximum absolute atomic E-state index is 13.6. The van der Waals surface area contributed by atoms with Crippen molar-refractivity contribution in [2.45, 2.75) is 51.6 Å². The first-order valence-electron chi connectivity index (χ1n) is 9.50. The fourth-order valence-electron chi connectivity index (χ4n) is 3.90. The van der Waals surface area contributed by atoms with E-state index in [1.54, 1.807) is 30.7 Å². The molecular weight excluding hydrogens is 391 g/mol. The molecule has 1 heterocycles. The second-order valence-electron chi connectivity index (χ2n) is 7.47. The van der Waals surface area contributed by atoms with Crippen LogP contribution in [0.4, 0.5) is 4.39 Å². The summed E-state index contributed by atoms with van der Waals surface area (Å²) >= 11 is 0. The van der Waals surface area contributed by atoms with Crippen LogP contribution in [0.1, 0.15) is 40.4 Å². The van der Waals surface area contributed by atoms with Crippen LogP contribution in [-0.4, -0.2) is 25.3 Å². The highest BCUT2D eigenvalue weighted by molar-refractivity contribution is 7.89. The van der Waals surface area contributed by atoms with Crippen molar-refractivity contribution in [1.29, 1.82) is 0 Å². The molecule has 0 radical (unpaired) electrons. The third-order valence-corrected chi connectivity index (χ3v) is 6.93. The molecule has 0 fully saturated rings. The predicted molar refractivity (Wildman–Crippen MR) is 112 cm³/mol. The van der Waals surface area contributed by atoms with E-state index in [-0.39, 0.29) is 6.04 Å². The number of nitrogens with one attached hydrogen (secondary N) is 1. The van der Waals surface area contributed by atoms with Gasteiger partial charge in [-0.3, -0.25) is 4.79 Å². The Morgan fingerprint density at radius 1 is 1.14 bits per heavy atom. The van der Waals surface area contributed by atoms with Crippen molar-refractivity contribution in [1.82, 2.24) is 9.29 Å². The van der Waals surface area contributed by atoms with Crippen molar-refractivity contribution >= 4 is 27.2 Å². The number of sulfonamides is 1. The average molecular weight is 417 g/mol. The Kier molecular flexibility index (Phi) is 5.91. The Labute approximate surface area is 170 Å². The second-order valence-corrected chi connectivity index (χ2v) is 9.12. The van der Waals surface area contributed by atoms with Crippen molar-refractivity contribution < 1.29 is 17.6 Å². The summed E-state index contributed by atoms with van der Waals surface area (Å²) in [7, 11) is -3.72. The topological polar surface area (TPSA) is 68.2 Å². The van der Waals surface area contributed by atoms with E-state index in [4.69, 9.17) is 0 Å². The molecule has 0 spiro atoms. The van der Waals surface area contributed by atoms with Gasteiger partial charge in [-0.05, 0) is 56.5 Å². The Balaban J connectivity index is 1.94. The summed E-state index contributed by atoms with van der Waals surface area (Å²) in [6.45, 7) is 7.74. The molecule has 154 valence electrons. The molecule has 0 aliphatic rings. The van der Waals surface area contributed by atoms with Gasteiger partial charge in [0, 0.05) is 35.2 Å². The number of hydrogen-bond acceptors (Lipinski definition) is 3. The molecule has 0 amide bonds. The number of hydrogen-bond donors (Lipinski definition) is 1. The van der Waals surface area contributed by atoms with Crippen molar-refractivity contribution in [2.75, 3.05) is 0 Å². The largest absolute Gasteiger partial charge is 0.345 e. The molecule has 0 saturated heterocycles. The van der Waals surface area contributed by atoms with Crippen LogP contribution in [0.5, 0.6) is 0 Å². The number of halogens is 1. The molecule has 7 heteroatoms. The lowest BCUT2D eigenvalue weighted by Crippen LogP contribution is -2.38. The summed E-state index contributed by atoms with van der Waals surface area (Å²) in [4.78, 5) is 11.7. The van der Waals surface area contributed by atoms with Crippen LogP contribution < -0.4 is 4.72 Å². The zero-order valence-corrected chi connectivity index (χ0v) is 17.8. The number of benzene rings is 2. The van der Waals surface area contributed by atoms with Gasteiger partial charge in [0.15, 0.2) is 6.29 Å². The smallest absolute Gasteiger partial charge is 0.241 e. The lowest BCUT2D eigenvalue weighted by atomic mass is 10.1. The van der Waals surface area contributed by atoms with E-state index in [2.05, 4.69) is 4.72 Å². The molecular formula is C22H25FN2O3S. The van der Waals surface area contributed by atoms with Gasteiger partial charge in [-0.15, -0.1) is 0 Å². The fourth-order valence-corrected chi connectivity index (χ4v) is 5.66. The normalized spacial score (nSPS) is 13.0. The lowest BCUT2D eigenvalue weighted by Gasteiger charge is -2.20. The number of aldehydes is 1. The van der Waals surface area contributed by atoms with Gasteiger partial charge < -0.3 is 4.57 Å². The first-order chi connectivity index (χ1) is 13.7. The van der Waals surface area contributed by atoms with Gasteiger partial charge in [-0.25, -0.2) is 17.5 Å². The number of carbonyl (C=O) groups is 1. The standard InChI is InChI=1S/C22H25FN2O3S/c1-5-19(24-29(27,28)22-15(3)8-14(2)9-16(22)4)12-25-11-17(13-26)20-10-18(23)6-7-21(20)25/h6-11,13,19,24H,5,12H2,1-4H3/t19-/m0/s1. The van der Waals surface area contributed by atoms with Crippen molar-refractivity contribution in [3.63, 3.8) is 0 Å². The molecule has 3 rings (SSSR count). The molecule has 2 aromatic carbocycles. The molecule has 1 aromatic heterocycles. The van der Waals surface area contributed by atoms with Crippen LogP contribution in [0.3, 0.4) is 0 Å². The Morgan fingerprint density at radius 2 is 1.79 bits per heavy atom. The molecule has 0 bridgehead atoms. The minimum atomic E-state index is -3.72. The molecule has 5 nitrogen and oxygen atoms in total. The number of fused-ring (bicyclic) bond motifs is 1. The van der Waals surface area contributed by atoms with E-state index in [9.17, 15) is 17.6 Å². The van der Waals surface area contributed by atoms with E-state index < -0.39 is 15.8 Å². The monoisotopic (exact) mass is 416 g/mol. The first kappa shape index (κ1) is 21.2. The zero-order valence-electron chi connectivity index (χ0n) is 17.0. The third kappa shape index (κ3) is 4.26. The van der Waals surface area contributed by atoms with Crippen LogP contribution in [0, 0.1) is 26.6 Å². The predicted octanol–water partition coefficient (Wildman–Crippen LogP) is 4.28. The van der Waals surface area contributed by atoms with E-state index in [1.807, 2.05) is 26.0 Å². The Hall–Kier alpha value is -2.51. The average Bonchev–Trinajstić information content (AvgIpc) is 2.96. The summed E-state index contributed by atoms with van der Waals surface area (Å²) < 4.78 is 44.4. The van der Waals surface area contributed by atoms with E-state index in [0.29, 0.717) is 51.7 Å². The van der Waals surface area contributed by atoms with Crippen LogP contribution in [0.25, 0.3) is 10.9 Å². The molecule has 0 aliphatic heterocycles. The van der Waals surface area contributed by atoms with Gasteiger partial charge >= 0.3 is 0 Å². The SMILES string of the molecule is CC[C@@H](Cn1cc(C=O)c2cc(F)ccc21)NS(=O)(=O)c1c(C)cc(C)cc1C. The molecule has 0 unspecified atom stereocenters. The maximum Gasteiger partial charge on any atom is 0.241 e. The number of carbonyl (C=O) groups excluding carboxylic acids is 1. The van der Waals surface area contributed by atoms with Crippen LogP contribution in [0.15, 0.2) is 41.4 Å². The molecule has 1 atom stereocenters. The summed E-state index contributed by atoms with van der Waals surface area (Å²) in [5, 5.41) is 0.517. The maximum atomic E-state index is 13.6. The van der Waals surface area contributed by atoms with Gasteiger partial charge in [-0.1, -0.05) is 24.6 Å². The van der Waals surface area contributed by atoms with Crippen molar-refractivity contribution in [3.8, 4) is 0 Å². The summed E-state index contributed by atoms with van der Waals surface area (Å²) in [5.74, 6) is -0.420. The Morgan fingerprint density at radius 3 is 2.38 bits per heavy atom. The summed E-state index contributed by atoms with van der Waals surface area (Å²) in [6.07, 6.45) is 2.87. The minimum absolute atomic E-state index is 0.301. The first-order valence-corrected chi connectivity index (χ1v) is 11.0. The van der Waals surface area contributed by atoms with E-state index in [1.165, 1.54) is 12.1 Å². The highest BCUT2D eigenvalue weighted by Crippen LogP contribution is 2.24. The minimum Gasteiger partial charge on any atom is -0.345 e. The summed E-state index contributed by atoms with van der Waals surface area (Å²) in [6, 6.07) is 7.57. The van der Waals surface area contributed by atoms with E-state index >= 15 is 0 Å². The highest BCUT2D eigenvalue weighted by Gasteiger charge is 2.24. The van der Waals surface area contributed by atoms with Crippen molar-refractivity contribution in [3.05, 3.63) is 64.6 Å². The van der Waals surface area contributed by atoms with Crippen LogP contribution in [0.2, 0.25) is 0 Å².